The van der Waals surface area contributed by atoms with Gasteiger partial charge in [0.2, 0.25) is 0 Å². The van der Waals surface area contributed by atoms with E-state index in [2.05, 4.69) is 56.3 Å². The summed E-state index contributed by atoms with van der Waals surface area (Å²) in [6.07, 6.45) is 1.39. The largest absolute Gasteiger partial charge is 0.374 e. The Balaban J connectivity index is 2.23. The minimum atomic E-state index is 0.332. The van der Waals surface area contributed by atoms with E-state index in [-0.39, 0.29) is 0 Å². The Morgan fingerprint density at radius 1 is 1.06 bits per heavy atom. The van der Waals surface area contributed by atoms with Crippen LogP contribution in [0, 0.1) is 0 Å². The van der Waals surface area contributed by atoms with E-state index in [9.17, 15) is 0 Å². The van der Waals surface area contributed by atoms with Crippen LogP contribution in [0.25, 0.3) is 10.8 Å². The van der Waals surface area contributed by atoms with Crippen molar-refractivity contribution >= 4 is 10.8 Å². The molecule has 1 heteroatoms. The van der Waals surface area contributed by atoms with Crippen LogP contribution in [-0.2, 0) is 11.3 Å². The summed E-state index contributed by atoms with van der Waals surface area (Å²) in [4.78, 5) is 0. The smallest absolute Gasteiger partial charge is 0.0726 e. The van der Waals surface area contributed by atoms with Gasteiger partial charge in [-0.1, -0.05) is 49.4 Å². The van der Waals surface area contributed by atoms with Gasteiger partial charge in [-0.3, -0.25) is 0 Å². The zero-order chi connectivity index (χ0) is 11.4. The second-order valence-corrected chi connectivity index (χ2v) is 4.17. The van der Waals surface area contributed by atoms with Crippen molar-refractivity contribution in [3.8, 4) is 0 Å². The predicted octanol–water partition coefficient (Wildman–Crippen LogP) is 4.15. The quantitative estimate of drug-likeness (QED) is 0.742. The minimum absolute atomic E-state index is 0.332. The maximum absolute atomic E-state index is 5.79. The molecular formula is C15H18O. The van der Waals surface area contributed by atoms with E-state index in [1.807, 2.05) is 0 Å². The van der Waals surface area contributed by atoms with Gasteiger partial charge in [-0.2, -0.15) is 0 Å². The highest BCUT2D eigenvalue weighted by Gasteiger charge is 2.02. The maximum atomic E-state index is 5.79. The summed E-state index contributed by atoms with van der Waals surface area (Å²) in [6, 6.07) is 14.8. The molecule has 0 aliphatic heterocycles. The van der Waals surface area contributed by atoms with Gasteiger partial charge in [-0.25, -0.2) is 0 Å². The van der Waals surface area contributed by atoms with Crippen LogP contribution in [0.5, 0.6) is 0 Å². The Bertz CT molecular complexity index is 456. The van der Waals surface area contributed by atoms with Crippen LogP contribution in [0.4, 0.5) is 0 Å². The summed E-state index contributed by atoms with van der Waals surface area (Å²) in [5.74, 6) is 0. The van der Waals surface area contributed by atoms with Crippen molar-refractivity contribution in [2.24, 2.45) is 0 Å². The standard InChI is InChI=1S/C15H18O/c1-3-12(2)16-11-14-9-6-8-13-7-4-5-10-15(13)14/h4-10,12H,3,11H2,1-2H3. The topological polar surface area (TPSA) is 9.23 Å². The molecule has 0 saturated heterocycles. The van der Waals surface area contributed by atoms with E-state index in [1.165, 1.54) is 16.3 Å². The summed E-state index contributed by atoms with van der Waals surface area (Å²) in [6.45, 7) is 4.97. The van der Waals surface area contributed by atoms with Gasteiger partial charge in [-0.15, -0.1) is 0 Å². The van der Waals surface area contributed by atoms with Crippen LogP contribution in [-0.4, -0.2) is 6.10 Å². The molecule has 0 spiro atoms. The Morgan fingerprint density at radius 3 is 2.62 bits per heavy atom. The Morgan fingerprint density at radius 2 is 1.81 bits per heavy atom. The van der Waals surface area contributed by atoms with Crippen LogP contribution < -0.4 is 0 Å². The minimum Gasteiger partial charge on any atom is -0.374 e. The average molecular weight is 214 g/mol. The predicted molar refractivity (Wildman–Crippen MR) is 68.5 cm³/mol. The van der Waals surface area contributed by atoms with Gasteiger partial charge in [0.05, 0.1) is 12.7 Å². The second-order valence-electron chi connectivity index (χ2n) is 4.17. The number of hydrogen-bond donors (Lipinski definition) is 0. The van der Waals surface area contributed by atoms with E-state index >= 15 is 0 Å². The zero-order valence-electron chi connectivity index (χ0n) is 9.94. The third kappa shape index (κ3) is 2.42. The van der Waals surface area contributed by atoms with Crippen LogP contribution in [0.3, 0.4) is 0 Å². The van der Waals surface area contributed by atoms with Crippen molar-refractivity contribution in [1.82, 2.24) is 0 Å². The third-order valence-electron chi connectivity index (χ3n) is 2.98. The number of ether oxygens (including phenoxy) is 1. The first-order valence-electron chi connectivity index (χ1n) is 5.89. The number of fused-ring (bicyclic) bond motifs is 1. The molecule has 0 N–H and O–H groups in total. The highest BCUT2D eigenvalue weighted by molar-refractivity contribution is 5.85. The molecule has 2 aromatic carbocycles. The third-order valence-corrected chi connectivity index (χ3v) is 2.98. The molecule has 2 aromatic rings. The molecule has 0 bridgehead atoms. The van der Waals surface area contributed by atoms with Gasteiger partial charge in [0.15, 0.2) is 0 Å². The number of benzene rings is 2. The van der Waals surface area contributed by atoms with Gasteiger partial charge in [-0.05, 0) is 29.7 Å². The first kappa shape index (κ1) is 11.2. The van der Waals surface area contributed by atoms with E-state index < -0.39 is 0 Å². The highest BCUT2D eigenvalue weighted by Crippen LogP contribution is 2.19. The monoisotopic (exact) mass is 214 g/mol. The van der Waals surface area contributed by atoms with Crippen molar-refractivity contribution in [3.05, 3.63) is 48.0 Å². The summed E-state index contributed by atoms with van der Waals surface area (Å²) in [7, 11) is 0. The van der Waals surface area contributed by atoms with Crippen LogP contribution >= 0.6 is 0 Å². The lowest BCUT2D eigenvalue weighted by Crippen LogP contribution is -2.06. The molecule has 0 aliphatic carbocycles. The molecular weight excluding hydrogens is 196 g/mol. The molecule has 0 aromatic heterocycles. The molecule has 1 nitrogen and oxygen atoms in total. The molecule has 0 amide bonds. The van der Waals surface area contributed by atoms with Gasteiger partial charge in [0.1, 0.15) is 0 Å². The van der Waals surface area contributed by atoms with Gasteiger partial charge >= 0.3 is 0 Å². The fourth-order valence-corrected chi connectivity index (χ4v) is 1.77. The zero-order valence-corrected chi connectivity index (χ0v) is 9.94. The molecule has 0 radical (unpaired) electrons. The van der Waals surface area contributed by atoms with E-state index in [4.69, 9.17) is 4.74 Å². The SMILES string of the molecule is CCC(C)OCc1cccc2ccccc12. The van der Waals surface area contributed by atoms with Crippen molar-refractivity contribution in [2.45, 2.75) is 33.0 Å². The van der Waals surface area contributed by atoms with Gasteiger partial charge in [0, 0.05) is 0 Å². The first-order chi connectivity index (χ1) is 7.81. The molecule has 1 atom stereocenters. The number of hydrogen-bond acceptors (Lipinski definition) is 1. The molecule has 16 heavy (non-hydrogen) atoms. The molecule has 0 saturated carbocycles. The Hall–Kier alpha value is -1.34. The summed E-state index contributed by atoms with van der Waals surface area (Å²) in [5, 5.41) is 2.58. The molecule has 0 aliphatic rings. The van der Waals surface area contributed by atoms with Gasteiger partial charge < -0.3 is 4.74 Å². The summed E-state index contributed by atoms with van der Waals surface area (Å²) >= 11 is 0. The second kappa shape index (κ2) is 5.13. The molecule has 0 fully saturated rings. The molecule has 84 valence electrons. The Kier molecular flexibility index (Phi) is 3.58. The van der Waals surface area contributed by atoms with E-state index in [1.54, 1.807) is 0 Å². The lowest BCUT2D eigenvalue weighted by Gasteiger charge is -2.12. The van der Waals surface area contributed by atoms with E-state index in [0.717, 1.165) is 6.42 Å². The van der Waals surface area contributed by atoms with Gasteiger partial charge in [0.25, 0.3) is 0 Å². The van der Waals surface area contributed by atoms with Crippen LogP contribution in [0.15, 0.2) is 42.5 Å². The van der Waals surface area contributed by atoms with Crippen molar-refractivity contribution in [2.75, 3.05) is 0 Å². The first-order valence-corrected chi connectivity index (χ1v) is 5.89. The average Bonchev–Trinajstić information content (AvgIpc) is 2.35. The molecule has 1 unspecified atom stereocenters. The van der Waals surface area contributed by atoms with Crippen molar-refractivity contribution < 1.29 is 4.74 Å². The lowest BCUT2D eigenvalue weighted by atomic mass is 10.1. The van der Waals surface area contributed by atoms with Crippen molar-refractivity contribution in [1.29, 1.82) is 0 Å². The molecule has 0 heterocycles. The van der Waals surface area contributed by atoms with Crippen molar-refractivity contribution in [3.63, 3.8) is 0 Å². The lowest BCUT2D eigenvalue weighted by molar-refractivity contribution is 0.0515. The fraction of sp³-hybridized carbons (Fsp3) is 0.333. The maximum Gasteiger partial charge on any atom is 0.0726 e. The number of rotatable bonds is 4. The van der Waals surface area contributed by atoms with Crippen LogP contribution in [0.1, 0.15) is 25.8 Å². The Labute approximate surface area is 97.1 Å². The van der Waals surface area contributed by atoms with Crippen LogP contribution in [0.2, 0.25) is 0 Å². The summed E-state index contributed by atoms with van der Waals surface area (Å²) in [5.41, 5.74) is 1.28. The highest BCUT2D eigenvalue weighted by atomic mass is 16.5. The fourth-order valence-electron chi connectivity index (χ4n) is 1.77. The van der Waals surface area contributed by atoms with E-state index in [0.29, 0.717) is 12.7 Å². The summed E-state index contributed by atoms with van der Waals surface area (Å²) < 4.78 is 5.79. The molecule has 2 rings (SSSR count). The normalized spacial score (nSPS) is 12.9.